The van der Waals surface area contributed by atoms with Gasteiger partial charge in [-0.25, -0.2) is 4.98 Å². The van der Waals surface area contributed by atoms with Crippen LogP contribution in [0.5, 0.6) is 0 Å². The second-order valence-corrected chi connectivity index (χ2v) is 3.56. The molecule has 1 rings (SSSR count). The maximum absolute atomic E-state index is 5.76. The molecule has 2 N–H and O–H groups in total. The summed E-state index contributed by atoms with van der Waals surface area (Å²) in [6, 6.07) is 1.91. The van der Waals surface area contributed by atoms with Crippen LogP contribution >= 0.6 is 23.2 Å². The third kappa shape index (κ3) is 2.63. The SMILES string of the molecule is C[C@H](N)Cc1cnc(Cl)c(Cl)c1. The van der Waals surface area contributed by atoms with Crippen LogP contribution in [0.1, 0.15) is 12.5 Å². The fourth-order valence-electron chi connectivity index (χ4n) is 0.944. The molecule has 0 aliphatic rings. The Hall–Kier alpha value is -0.310. The minimum absolute atomic E-state index is 0.115. The lowest BCUT2D eigenvalue weighted by Gasteiger charge is -2.04. The van der Waals surface area contributed by atoms with Crippen molar-refractivity contribution in [1.29, 1.82) is 0 Å². The maximum Gasteiger partial charge on any atom is 0.147 e. The van der Waals surface area contributed by atoms with Crippen molar-refractivity contribution in [1.82, 2.24) is 4.98 Å². The molecule has 2 nitrogen and oxygen atoms in total. The highest BCUT2D eigenvalue weighted by Crippen LogP contribution is 2.19. The zero-order valence-corrected chi connectivity index (χ0v) is 8.23. The molecule has 0 unspecified atom stereocenters. The van der Waals surface area contributed by atoms with Gasteiger partial charge in [-0.2, -0.15) is 0 Å². The Morgan fingerprint density at radius 2 is 2.25 bits per heavy atom. The minimum Gasteiger partial charge on any atom is -0.328 e. The van der Waals surface area contributed by atoms with Crippen LogP contribution in [0, 0.1) is 0 Å². The second kappa shape index (κ2) is 4.08. The van der Waals surface area contributed by atoms with Crippen LogP contribution < -0.4 is 5.73 Å². The smallest absolute Gasteiger partial charge is 0.147 e. The van der Waals surface area contributed by atoms with E-state index in [2.05, 4.69) is 4.98 Å². The van der Waals surface area contributed by atoms with Crippen molar-refractivity contribution < 1.29 is 0 Å². The molecule has 0 bridgehead atoms. The Balaban J connectivity index is 2.82. The molecule has 1 heterocycles. The van der Waals surface area contributed by atoms with Crippen molar-refractivity contribution in [3.63, 3.8) is 0 Å². The molecule has 0 fully saturated rings. The van der Waals surface area contributed by atoms with Crippen LogP contribution in [-0.2, 0) is 6.42 Å². The summed E-state index contributed by atoms with van der Waals surface area (Å²) >= 11 is 11.4. The lowest BCUT2D eigenvalue weighted by atomic mass is 10.1. The quantitative estimate of drug-likeness (QED) is 0.752. The topological polar surface area (TPSA) is 38.9 Å². The van der Waals surface area contributed by atoms with E-state index in [1.807, 2.05) is 6.92 Å². The van der Waals surface area contributed by atoms with E-state index in [9.17, 15) is 0 Å². The summed E-state index contributed by atoms with van der Waals surface area (Å²) in [5, 5.41) is 0.819. The van der Waals surface area contributed by atoms with Gasteiger partial charge in [-0.05, 0) is 25.0 Å². The van der Waals surface area contributed by atoms with Crippen LogP contribution in [0.15, 0.2) is 12.3 Å². The summed E-state index contributed by atoms with van der Waals surface area (Å²) < 4.78 is 0. The average Bonchev–Trinajstić information content (AvgIpc) is 1.96. The molecule has 0 aromatic carbocycles. The van der Waals surface area contributed by atoms with Crippen molar-refractivity contribution in [3.05, 3.63) is 28.0 Å². The highest BCUT2D eigenvalue weighted by molar-refractivity contribution is 6.41. The lowest BCUT2D eigenvalue weighted by molar-refractivity contribution is 0.736. The molecule has 0 radical (unpaired) electrons. The first-order valence-electron chi connectivity index (χ1n) is 3.65. The van der Waals surface area contributed by atoms with Gasteiger partial charge in [0.2, 0.25) is 0 Å². The highest BCUT2D eigenvalue weighted by atomic mass is 35.5. The first kappa shape index (κ1) is 9.78. The summed E-state index contributed by atoms with van der Waals surface area (Å²) in [5.74, 6) is 0. The van der Waals surface area contributed by atoms with Gasteiger partial charge in [-0.3, -0.25) is 0 Å². The van der Waals surface area contributed by atoms with Crippen LogP contribution in [-0.4, -0.2) is 11.0 Å². The van der Waals surface area contributed by atoms with E-state index in [0.29, 0.717) is 10.2 Å². The fourth-order valence-corrected chi connectivity index (χ4v) is 1.24. The number of rotatable bonds is 2. The van der Waals surface area contributed by atoms with Crippen LogP contribution in [0.4, 0.5) is 0 Å². The molecule has 0 spiro atoms. The molecule has 0 aliphatic carbocycles. The van der Waals surface area contributed by atoms with Crippen molar-refractivity contribution in [2.45, 2.75) is 19.4 Å². The molecule has 12 heavy (non-hydrogen) atoms. The Labute approximate surface area is 81.7 Å². The van der Waals surface area contributed by atoms with Crippen molar-refractivity contribution in [3.8, 4) is 0 Å². The molecule has 4 heteroatoms. The van der Waals surface area contributed by atoms with Gasteiger partial charge in [0, 0.05) is 12.2 Å². The number of aromatic nitrogens is 1. The predicted octanol–water partition coefficient (Wildman–Crippen LogP) is 2.28. The molecule has 1 aromatic heterocycles. The predicted molar refractivity (Wildman–Crippen MR) is 51.6 cm³/mol. The highest BCUT2D eigenvalue weighted by Gasteiger charge is 2.02. The van der Waals surface area contributed by atoms with E-state index in [1.165, 1.54) is 0 Å². The maximum atomic E-state index is 5.76. The molecule has 1 atom stereocenters. The fraction of sp³-hybridized carbons (Fsp3) is 0.375. The Morgan fingerprint density at radius 1 is 1.58 bits per heavy atom. The first-order valence-corrected chi connectivity index (χ1v) is 4.40. The van der Waals surface area contributed by atoms with E-state index in [-0.39, 0.29) is 6.04 Å². The van der Waals surface area contributed by atoms with Crippen molar-refractivity contribution in [2.24, 2.45) is 5.73 Å². The standard InChI is InChI=1S/C8H10Cl2N2/c1-5(11)2-6-3-7(9)8(10)12-4-6/h3-5H,2,11H2,1H3/t5-/m0/s1. The monoisotopic (exact) mass is 204 g/mol. The van der Waals surface area contributed by atoms with Gasteiger partial charge in [0.25, 0.3) is 0 Å². The average molecular weight is 205 g/mol. The molecular formula is C8H10Cl2N2. The van der Waals surface area contributed by atoms with Gasteiger partial charge in [0.1, 0.15) is 5.15 Å². The normalized spacial score (nSPS) is 13.0. The van der Waals surface area contributed by atoms with E-state index in [4.69, 9.17) is 28.9 Å². The minimum atomic E-state index is 0.115. The molecule has 1 aromatic rings. The molecular weight excluding hydrogens is 195 g/mol. The molecule has 0 aliphatic heterocycles. The lowest BCUT2D eigenvalue weighted by Crippen LogP contribution is -2.17. The van der Waals surface area contributed by atoms with Crippen molar-refractivity contribution >= 4 is 23.2 Å². The van der Waals surface area contributed by atoms with Crippen LogP contribution in [0.3, 0.4) is 0 Å². The summed E-state index contributed by atoms with van der Waals surface area (Å²) in [4.78, 5) is 3.91. The Morgan fingerprint density at radius 3 is 2.75 bits per heavy atom. The van der Waals surface area contributed by atoms with E-state index >= 15 is 0 Å². The van der Waals surface area contributed by atoms with Crippen LogP contribution in [0.2, 0.25) is 10.2 Å². The number of hydrogen-bond donors (Lipinski definition) is 1. The number of hydrogen-bond acceptors (Lipinski definition) is 2. The van der Waals surface area contributed by atoms with Gasteiger partial charge in [0.05, 0.1) is 5.02 Å². The zero-order chi connectivity index (χ0) is 9.14. The van der Waals surface area contributed by atoms with Gasteiger partial charge in [0.15, 0.2) is 0 Å². The second-order valence-electron chi connectivity index (χ2n) is 2.80. The van der Waals surface area contributed by atoms with E-state index < -0.39 is 0 Å². The number of pyridine rings is 1. The summed E-state index contributed by atoms with van der Waals surface area (Å²) in [6.45, 7) is 1.93. The van der Waals surface area contributed by atoms with Gasteiger partial charge in [-0.15, -0.1) is 0 Å². The zero-order valence-electron chi connectivity index (χ0n) is 6.72. The molecule has 0 amide bonds. The third-order valence-electron chi connectivity index (χ3n) is 1.41. The van der Waals surface area contributed by atoms with Crippen LogP contribution in [0.25, 0.3) is 0 Å². The number of halogens is 2. The molecule has 0 saturated heterocycles. The Bertz CT molecular complexity index is 274. The number of nitrogens with zero attached hydrogens (tertiary/aromatic N) is 1. The summed E-state index contributed by atoms with van der Waals surface area (Å²) in [6.07, 6.45) is 2.46. The summed E-state index contributed by atoms with van der Waals surface area (Å²) in [5.41, 5.74) is 6.62. The molecule has 66 valence electrons. The van der Waals surface area contributed by atoms with Crippen molar-refractivity contribution in [2.75, 3.05) is 0 Å². The largest absolute Gasteiger partial charge is 0.328 e. The van der Waals surface area contributed by atoms with E-state index in [0.717, 1.165) is 12.0 Å². The van der Waals surface area contributed by atoms with Gasteiger partial charge in [-0.1, -0.05) is 23.2 Å². The van der Waals surface area contributed by atoms with Gasteiger partial charge >= 0.3 is 0 Å². The van der Waals surface area contributed by atoms with E-state index in [1.54, 1.807) is 12.3 Å². The van der Waals surface area contributed by atoms with Gasteiger partial charge < -0.3 is 5.73 Å². The molecule has 0 saturated carbocycles. The first-order chi connectivity index (χ1) is 5.59. The summed E-state index contributed by atoms with van der Waals surface area (Å²) in [7, 11) is 0. The third-order valence-corrected chi connectivity index (χ3v) is 2.10. The number of nitrogens with two attached hydrogens (primary N) is 1. The Kier molecular flexibility index (Phi) is 3.32.